The van der Waals surface area contributed by atoms with Gasteiger partial charge in [0.2, 0.25) is 5.91 Å². The molecule has 122 valence electrons. The molecule has 0 aliphatic carbocycles. The summed E-state index contributed by atoms with van der Waals surface area (Å²) in [5, 5.41) is 12.0. The third kappa shape index (κ3) is 3.19. The predicted molar refractivity (Wildman–Crippen MR) is 82.9 cm³/mol. The molecule has 0 spiro atoms. The van der Waals surface area contributed by atoms with Gasteiger partial charge in [0.05, 0.1) is 12.6 Å². The molecule has 2 saturated heterocycles. The van der Waals surface area contributed by atoms with Gasteiger partial charge in [-0.15, -0.1) is 0 Å². The van der Waals surface area contributed by atoms with E-state index in [0.717, 1.165) is 5.56 Å². The number of nitrogens with one attached hydrogen (secondary N) is 1. The third-order valence-corrected chi connectivity index (χ3v) is 4.13. The summed E-state index contributed by atoms with van der Waals surface area (Å²) in [6, 6.07) is 6.07. The Morgan fingerprint density at radius 2 is 2.04 bits per heavy atom. The topological polar surface area (TPSA) is 90.0 Å². The van der Waals surface area contributed by atoms with Crippen LogP contribution in [0.5, 0.6) is 0 Å². The van der Waals surface area contributed by atoms with E-state index in [0.29, 0.717) is 5.69 Å². The molecule has 7 nitrogen and oxygen atoms in total. The van der Waals surface area contributed by atoms with Crippen LogP contribution < -0.4 is 5.32 Å². The molecule has 0 bridgehead atoms. The van der Waals surface area contributed by atoms with Crippen LogP contribution in [0.15, 0.2) is 24.3 Å². The molecule has 0 unspecified atom stereocenters. The average molecular weight is 317 g/mol. The zero-order valence-electron chi connectivity index (χ0n) is 12.9. The van der Waals surface area contributed by atoms with E-state index < -0.39 is 18.2 Å². The van der Waals surface area contributed by atoms with Crippen molar-refractivity contribution in [2.24, 2.45) is 0 Å². The lowest BCUT2D eigenvalue weighted by atomic mass is 10.1. The highest BCUT2D eigenvalue weighted by atomic mass is 16.3. The highest BCUT2D eigenvalue weighted by molar-refractivity contribution is 6.01. The number of urea groups is 1. The van der Waals surface area contributed by atoms with Crippen molar-refractivity contribution < 1.29 is 19.5 Å². The number of β-amino-alcohol motifs (C(OH)–C–C–N with tert-alkyl or cyclic N) is 1. The second-order valence-electron chi connectivity index (χ2n) is 6.08. The molecule has 0 radical (unpaired) electrons. The summed E-state index contributed by atoms with van der Waals surface area (Å²) in [5.74, 6) is -0.413. The first-order valence-corrected chi connectivity index (χ1v) is 7.57. The van der Waals surface area contributed by atoms with Crippen molar-refractivity contribution in [2.75, 3.05) is 25.0 Å². The molecular formula is C16H19N3O4. The van der Waals surface area contributed by atoms with E-state index in [1.54, 1.807) is 6.07 Å². The number of carbonyl (C=O) groups is 3. The van der Waals surface area contributed by atoms with Gasteiger partial charge in [0.15, 0.2) is 5.78 Å². The maximum Gasteiger partial charge on any atom is 0.322 e. The van der Waals surface area contributed by atoms with E-state index in [2.05, 4.69) is 5.32 Å². The standard InChI is InChI=1S/C16H19N3O4/c1-10-3-2-4-11(5-10)17-16(23)19-9-12(20)6-14(19)15(22)18-7-13(21)8-18/h2-5,13-14,21H,6-9H2,1H3,(H,17,23)/t14-/m0/s1. The monoisotopic (exact) mass is 317 g/mol. The number of nitrogens with zero attached hydrogens (tertiary/aromatic N) is 2. The molecule has 1 aromatic rings. The van der Waals surface area contributed by atoms with Crippen LogP contribution in [0.25, 0.3) is 0 Å². The van der Waals surface area contributed by atoms with Gasteiger partial charge in [0.1, 0.15) is 6.04 Å². The molecule has 3 amide bonds. The van der Waals surface area contributed by atoms with Gasteiger partial charge < -0.3 is 20.2 Å². The van der Waals surface area contributed by atoms with Gasteiger partial charge >= 0.3 is 6.03 Å². The Labute approximate surface area is 133 Å². The molecule has 0 aromatic heterocycles. The number of anilines is 1. The van der Waals surface area contributed by atoms with Crippen LogP contribution in [-0.2, 0) is 9.59 Å². The number of hydrogen-bond acceptors (Lipinski definition) is 4. The smallest absolute Gasteiger partial charge is 0.322 e. The Kier molecular flexibility index (Phi) is 4.04. The highest BCUT2D eigenvalue weighted by Crippen LogP contribution is 2.21. The van der Waals surface area contributed by atoms with Crippen LogP contribution in [0.2, 0.25) is 0 Å². The van der Waals surface area contributed by atoms with Gasteiger partial charge in [-0.3, -0.25) is 9.59 Å². The third-order valence-electron chi connectivity index (χ3n) is 4.13. The number of Topliss-reactive ketones (excluding diaryl/α,β-unsaturated/α-hetero) is 1. The molecular weight excluding hydrogens is 298 g/mol. The second-order valence-corrected chi connectivity index (χ2v) is 6.08. The number of ketones is 1. The summed E-state index contributed by atoms with van der Waals surface area (Å²) in [4.78, 5) is 39.3. The van der Waals surface area contributed by atoms with Gasteiger partial charge in [-0.05, 0) is 24.6 Å². The first kappa shape index (κ1) is 15.5. The average Bonchev–Trinajstić information content (AvgIpc) is 2.85. The molecule has 23 heavy (non-hydrogen) atoms. The van der Waals surface area contributed by atoms with E-state index in [1.807, 2.05) is 25.1 Å². The quantitative estimate of drug-likeness (QED) is 0.825. The summed E-state index contributed by atoms with van der Waals surface area (Å²) in [7, 11) is 0. The Morgan fingerprint density at radius 1 is 1.30 bits per heavy atom. The number of aliphatic hydroxyl groups excluding tert-OH is 1. The van der Waals surface area contributed by atoms with Crippen molar-refractivity contribution in [3.63, 3.8) is 0 Å². The van der Waals surface area contributed by atoms with E-state index in [1.165, 1.54) is 9.80 Å². The van der Waals surface area contributed by atoms with E-state index in [4.69, 9.17) is 0 Å². The van der Waals surface area contributed by atoms with Crippen LogP contribution in [-0.4, -0.2) is 64.4 Å². The van der Waals surface area contributed by atoms with Gasteiger partial charge in [0, 0.05) is 25.2 Å². The van der Waals surface area contributed by atoms with Gasteiger partial charge in [0.25, 0.3) is 0 Å². The summed E-state index contributed by atoms with van der Waals surface area (Å²) in [6.07, 6.45) is -0.474. The molecule has 2 aliphatic rings. The highest BCUT2D eigenvalue weighted by Gasteiger charge is 2.43. The number of hydrogen-bond donors (Lipinski definition) is 2. The van der Waals surface area contributed by atoms with Crippen LogP contribution in [0, 0.1) is 6.92 Å². The van der Waals surface area contributed by atoms with Gasteiger partial charge in [-0.1, -0.05) is 12.1 Å². The molecule has 2 heterocycles. The van der Waals surface area contributed by atoms with E-state index in [-0.39, 0.29) is 37.7 Å². The molecule has 1 aromatic carbocycles. The number of aliphatic hydroxyl groups is 1. The maximum absolute atomic E-state index is 12.4. The molecule has 2 N–H and O–H groups in total. The number of amides is 3. The number of likely N-dealkylation sites (tertiary alicyclic amines) is 2. The lowest BCUT2D eigenvalue weighted by Crippen LogP contribution is -2.59. The fraction of sp³-hybridized carbons (Fsp3) is 0.438. The van der Waals surface area contributed by atoms with Crippen molar-refractivity contribution in [2.45, 2.75) is 25.5 Å². The van der Waals surface area contributed by atoms with Gasteiger partial charge in [-0.25, -0.2) is 4.79 Å². The van der Waals surface area contributed by atoms with E-state index >= 15 is 0 Å². The largest absolute Gasteiger partial charge is 0.389 e. The molecule has 0 saturated carbocycles. The molecule has 3 rings (SSSR count). The maximum atomic E-state index is 12.4. The van der Waals surface area contributed by atoms with Crippen LogP contribution in [0.3, 0.4) is 0 Å². The minimum absolute atomic E-state index is 0.0344. The summed E-state index contributed by atoms with van der Waals surface area (Å²) in [6.45, 7) is 2.37. The first-order chi connectivity index (χ1) is 10.9. The van der Waals surface area contributed by atoms with Crippen molar-refractivity contribution in [1.82, 2.24) is 9.80 Å². The fourth-order valence-electron chi connectivity index (χ4n) is 2.89. The van der Waals surface area contributed by atoms with Crippen LogP contribution >= 0.6 is 0 Å². The number of rotatable bonds is 2. The first-order valence-electron chi connectivity index (χ1n) is 7.57. The Bertz CT molecular complexity index is 654. The Morgan fingerprint density at radius 3 is 2.70 bits per heavy atom. The minimum Gasteiger partial charge on any atom is -0.389 e. The van der Waals surface area contributed by atoms with Crippen molar-refractivity contribution in [3.8, 4) is 0 Å². The van der Waals surface area contributed by atoms with Crippen LogP contribution in [0.4, 0.5) is 10.5 Å². The molecule has 2 fully saturated rings. The lowest BCUT2D eigenvalue weighted by Gasteiger charge is -2.38. The Balaban J connectivity index is 1.70. The number of benzene rings is 1. The van der Waals surface area contributed by atoms with E-state index in [9.17, 15) is 19.5 Å². The SMILES string of the molecule is Cc1cccc(NC(=O)N2CC(=O)C[C@H]2C(=O)N2CC(O)C2)c1. The van der Waals surface area contributed by atoms with Crippen molar-refractivity contribution >= 4 is 23.4 Å². The second kappa shape index (κ2) is 6.00. The number of aryl methyl sites for hydroxylation is 1. The zero-order valence-corrected chi connectivity index (χ0v) is 12.9. The van der Waals surface area contributed by atoms with Crippen molar-refractivity contribution in [1.29, 1.82) is 0 Å². The summed E-state index contributed by atoms with van der Waals surface area (Å²) in [5.41, 5.74) is 1.63. The van der Waals surface area contributed by atoms with Crippen molar-refractivity contribution in [3.05, 3.63) is 29.8 Å². The summed E-state index contributed by atoms with van der Waals surface area (Å²) < 4.78 is 0. The minimum atomic E-state index is -0.778. The predicted octanol–water partition coefficient (Wildman–Crippen LogP) is 0.373. The van der Waals surface area contributed by atoms with Gasteiger partial charge in [-0.2, -0.15) is 0 Å². The normalized spacial score (nSPS) is 21.3. The zero-order chi connectivity index (χ0) is 16.6. The Hall–Kier alpha value is -2.41. The van der Waals surface area contributed by atoms with Crippen LogP contribution in [0.1, 0.15) is 12.0 Å². The number of carbonyl (C=O) groups excluding carboxylic acids is 3. The fourth-order valence-corrected chi connectivity index (χ4v) is 2.89. The molecule has 1 atom stereocenters. The summed E-state index contributed by atoms with van der Waals surface area (Å²) >= 11 is 0. The molecule has 7 heteroatoms. The lowest BCUT2D eigenvalue weighted by molar-refractivity contribution is -0.145. The molecule has 2 aliphatic heterocycles.